The van der Waals surface area contributed by atoms with Crippen molar-refractivity contribution in [2.45, 2.75) is 6.92 Å². The molecule has 0 saturated carbocycles. The molecule has 0 spiro atoms. The van der Waals surface area contributed by atoms with E-state index >= 15 is 0 Å². The predicted octanol–water partition coefficient (Wildman–Crippen LogP) is 3.19. The van der Waals surface area contributed by atoms with Gasteiger partial charge in [-0.05, 0) is 25.1 Å². The van der Waals surface area contributed by atoms with E-state index in [1.165, 1.54) is 0 Å². The number of phenols is 1. The predicted molar refractivity (Wildman–Crippen MR) is 104 cm³/mol. The van der Waals surface area contributed by atoms with E-state index in [1.807, 2.05) is 49.4 Å². The standard InChI is InChI=1S/C21H23N3O2/c1-15-21(16-6-2-3-7-17(16)22-15)20(26)14-23-10-12-24(13-11-23)18-8-4-5-9-19(18)25/h2-9,22,25H,10-14H2,1H3. The summed E-state index contributed by atoms with van der Waals surface area (Å²) in [5.41, 5.74) is 3.62. The highest BCUT2D eigenvalue weighted by molar-refractivity contribution is 6.10. The number of aryl methyl sites for hydroxylation is 1. The molecule has 0 bridgehead atoms. The molecule has 0 amide bonds. The van der Waals surface area contributed by atoms with Crippen molar-refractivity contribution in [1.82, 2.24) is 9.88 Å². The smallest absolute Gasteiger partial charge is 0.179 e. The van der Waals surface area contributed by atoms with Crippen molar-refractivity contribution in [3.63, 3.8) is 0 Å². The molecule has 0 radical (unpaired) electrons. The summed E-state index contributed by atoms with van der Waals surface area (Å²) in [4.78, 5) is 20.6. The van der Waals surface area contributed by atoms with Crippen LogP contribution in [0.15, 0.2) is 48.5 Å². The lowest BCUT2D eigenvalue weighted by atomic mass is 10.1. The number of anilines is 1. The number of Topliss-reactive ketones (excluding diaryl/α,β-unsaturated/α-hetero) is 1. The van der Waals surface area contributed by atoms with Crippen molar-refractivity contribution in [2.24, 2.45) is 0 Å². The number of hydrogen-bond acceptors (Lipinski definition) is 4. The van der Waals surface area contributed by atoms with Crippen LogP contribution in [0.4, 0.5) is 5.69 Å². The Morgan fingerprint density at radius 3 is 2.50 bits per heavy atom. The van der Waals surface area contributed by atoms with Gasteiger partial charge in [0.2, 0.25) is 0 Å². The van der Waals surface area contributed by atoms with Crippen molar-refractivity contribution in [2.75, 3.05) is 37.6 Å². The molecule has 1 aliphatic rings. The number of carbonyl (C=O) groups is 1. The summed E-state index contributed by atoms with van der Waals surface area (Å²) in [6.45, 7) is 5.61. The van der Waals surface area contributed by atoms with Gasteiger partial charge in [-0.25, -0.2) is 0 Å². The first-order valence-corrected chi connectivity index (χ1v) is 8.99. The molecule has 2 N–H and O–H groups in total. The number of carbonyl (C=O) groups excluding carboxylic acids is 1. The van der Waals surface area contributed by atoms with Gasteiger partial charge in [0.15, 0.2) is 5.78 Å². The van der Waals surface area contributed by atoms with Crippen LogP contribution in [-0.4, -0.2) is 53.5 Å². The normalized spacial score (nSPS) is 15.5. The van der Waals surface area contributed by atoms with Gasteiger partial charge >= 0.3 is 0 Å². The Hall–Kier alpha value is -2.79. The van der Waals surface area contributed by atoms with E-state index in [0.29, 0.717) is 12.3 Å². The molecular formula is C21H23N3O2. The lowest BCUT2D eigenvalue weighted by Crippen LogP contribution is -2.48. The average molecular weight is 349 g/mol. The Bertz CT molecular complexity index is 939. The molecule has 2 heterocycles. The number of piperazine rings is 1. The van der Waals surface area contributed by atoms with Gasteiger partial charge in [0.05, 0.1) is 12.2 Å². The van der Waals surface area contributed by atoms with E-state index in [4.69, 9.17) is 0 Å². The molecule has 1 fully saturated rings. The number of para-hydroxylation sites is 3. The number of nitrogens with one attached hydrogen (secondary N) is 1. The van der Waals surface area contributed by atoms with Crippen LogP contribution < -0.4 is 4.90 Å². The van der Waals surface area contributed by atoms with Gasteiger partial charge in [-0.1, -0.05) is 30.3 Å². The molecule has 26 heavy (non-hydrogen) atoms. The van der Waals surface area contributed by atoms with Crippen molar-refractivity contribution in [1.29, 1.82) is 0 Å². The highest BCUT2D eigenvalue weighted by Gasteiger charge is 2.23. The lowest BCUT2D eigenvalue weighted by Gasteiger charge is -2.36. The number of aromatic nitrogens is 1. The minimum absolute atomic E-state index is 0.163. The fraction of sp³-hybridized carbons (Fsp3) is 0.286. The highest BCUT2D eigenvalue weighted by Crippen LogP contribution is 2.27. The van der Waals surface area contributed by atoms with Gasteiger partial charge in [-0.15, -0.1) is 0 Å². The first-order chi connectivity index (χ1) is 12.6. The number of H-pyrrole nitrogens is 1. The minimum Gasteiger partial charge on any atom is -0.506 e. The van der Waals surface area contributed by atoms with E-state index in [1.54, 1.807) is 6.07 Å². The molecule has 1 aromatic heterocycles. The molecule has 134 valence electrons. The van der Waals surface area contributed by atoms with Gasteiger partial charge in [-0.2, -0.15) is 0 Å². The SMILES string of the molecule is Cc1[nH]c2ccccc2c1C(=O)CN1CCN(c2ccccc2O)CC1. The third kappa shape index (κ3) is 3.06. The van der Waals surface area contributed by atoms with E-state index in [9.17, 15) is 9.90 Å². The van der Waals surface area contributed by atoms with Gasteiger partial charge in [0.1, 0.15) is 5.75 Å². The third-order valence-electron chi connectivity index (χ3n) is 5.13. The molecule has 5 heteroatoms. The maximum Gasteiger partial charge on any atom is 0.179 e. The van der Waals surface area contributed by atoms with Gasteiger partial charge in [-0.3, -0.25) is 9.69 Å². The summed E-state index contributed by atoms with van der Waals surface area (Å²) in [6.07, 6.45) is 0. The summed E-state index contributed by atoms with van der Waals surface area (Å²) in [5.74, 6) is 0.474. The summed E-state index contributed by atoms with van der Waals surface area (Å²) >= 11 is 0. The highest BCUT2D eigenvalue weighted by atomic mass is 16.3. The number of nitrogens with zero attached hydrogens (tertiary/aromatic N) is 2. The number of ketones is 1. The zero-order valence-corrected chi connectivity index (χ0v) is 14.9. The Balaban J connectivity index is 1.43. The number of aromatic hydroxyl groups is 1. The van der Waals surface area contributed by atoms with Crippen LogP contribution >= 0.6 is 0 Å². The Morgan fingerprint density at radius 2 is 1.73 bits per heavy atom. The Morgan fingerprint density at radius 1 is 1.04 bits per heavy atom. The summed E-state index contributed by atoms with van der Waals surface area (Å²) in [5, 5.41) is 11.0. The van der Waals surface area contributed by atoms with Crippen LogP contribution in [0.3, 0.4) is 0 Å². The van der Waals surface area contributed by atoms with Crippen LogP contribution in [0.25, 0.3) is 10.9 Å². The molecule has 2 aromatic carbocycles. The molecule has 0 aliphatic carbocycles. The van der Waals surface area contributed by atoms with E-state index < -0.39 is 0 Å². The summed E-state index contributed by atoms with van der Waals surface area (Å²) < 4.78 is 0. The summed E-state index contributed by atoms with van der Waals surface area (Å²) in [6, 6.07) is 15.4. The van der Waals surface area contributed by atoms with Gasteiger partial charge in [0, 0.05) is 48.3 Å². The second-order valence-corrected chi connectivity index (χ2v) is 6.85. The van der Waals surface area contributed by atoms with Gasteiger partial charge < -0.3 is 15.0 Å². The fourth-order valence-corrected chi connectivity index (χ4v) is 3.80. The largest absolute Gasteiger partial charge is 0.506 e. The van der Waals surface area contributed by atoms with Crippen molar-refractivity contribution >= 4 is 22.4 Å². The van der Waals surface area contributed by atoms with Crippen LogP contribution in [-0.2, 0) is 0 Å². The maximum atomic E-state index is 12.9. The number of benzene rings is 2. The molecule has 1 saturated heterocycles. The zero-order chi connectivity index (χ0) is 18.1. The number of phenolic OH excluding ortho intramolecular Hbond substituents is 1. The molecule has 0 unspecified atom stereocenters. The quantitative estimate of drug-likeness (QED) is 0.710. The average Bonchev–Trinajstić information content (AvgIpc) is 2.99. The summed E-state index contributed by atoms with van der Waals surface area (Å²) in [7, 11) is 0. The molecular weight excluding hydrogens is 326 g/mol. The maximum absolute atomic E-state index is 12.9. The van der Waals surface area contributed by atoms with Gasteiger partial charge in [0.25, 0.3) is 0 Å². The van der Waals surface area contributed by atoms with E-state index in [-0.39, 0.29) is 5.78 Å². The molecule has 4 rings (SSSR count). The second-order valence-electron chi connectivity index (χ2n) is 6.85. The first-order valence-electron chi connectivity index (χ1n) is 8.99. The number of fused-ring (bicyclic) bond motifs is 1. The van der Waals surface area contributed by atoms with Crippen LogP contribution in [0.2, 0.25) is 0 Å². The third-order valence-corrected chi connectivity index (χ3v) is 5.13. The van der Waals surface area contributed by atoms with Crippen LogP contribution in [0, 0.1) is 6.92 Å². The van der Waals surface area contributed by atoms with Crippen molar-refractivity contribution < 1.29 is 9.90 Å². The fourth-order valence-electron chi connectivity index (χ4n) is 3.80. The minimum atomic E-state index is 0.163. The van der Waals surface area contributed by atoms with Crippen molar-refractivity contribution in [3.8, 4) is 5.75 Å². The van der Waals surface area contributed by atoms with Crippen LogP contribution in [0.1, 0.15) is 16.1 Å². The lowest BCUT2D eigenvalue weighted by molar-refractivity contribution is 0.0927. The Labute approximate surface area is 152 Å². The zero-order valence-electron chi connectivity index (χ0n) is 14.9. The Kier molecular flexibility index (Phi) is 4.39. The second kappa shape index (κ2) is 6.84. The number of aromatic amines is 1. The van der Waals surface area contributed by atoms with Crippen LogP contribution in [0.5, 0.6) is 5.75 Å². The number of rotatable bonds is 4. The topological polar surface area (TPSA) is 59.6 Å². The monoisotopic (exact) mass is 349 g/mol. The van der Waals surface area contributed by atoms with E-state index in [2.05, 4.69) is 14.8 Å². The molecule has 1 aliphatic heterocycles. The molecule has 5 nitrogen and oxygen atoms in total. The molecule has 3 aromatic rings. The van der Waals surface area contributed by atoms with Crippen molar-refractivity contribution in [3.05, 3.63) is 59.8 Å². The first kappa shape index (κ1) is 16.7. The van der Waals surface area contributed by atoms with E-state index in [0.717, 1.165) is 54.0 Å². The number of hydrogen-bond donors (Lipinski definition) is 2. The molecule has 0 atom stereocenters.